The van der Waals surface area contributed by atoms with Crippen molar-refractivity contribution in [2.24, 2.45) is 16.6 Å². The third-order valence-corrected chi connectivity index (χ3v) is 4.66. The number of rotatable bonds is 8. The third-order valence-electron chi connectivity index (χ3n) is 4.66. The molecule has 1 atom stereocenters. The topological polar surface area (TPSA) is 79.5 Å². The van der Waals surface area contributed by atoms with Gasteiger partial charge in [-0.2, -0.15) is 0 Å². The van der Waals surface area contributed by atoms with Gasteiger partial charge in [0.15, 0.2) is 5.96 Å². The number of aliphatic imine (C=N–C) groups is 1. The molecule has 0 spiro atoms. The number of primary amides is 1. The molecule has 1 aromatic rings. The zero-order valence-electron chi connectivity index (χ0n) is 15.8. The monoisotopic (exact) mass is 488 g/mol. The highest BCUT2D eigenvalue weighted by atomic mass is 127. The van der Waals surface area contributed by atoms with Crippen LogP contribution in [0.4, 0.5) is 4.39 Å². The van der Waals surface area contributed by atoms with E-state index in [1.165, 1.54) is 43.4 Å². The third kappa shape index (κ3) is 8.73. The van der Waals surface area contributed by atoms with E-state index in [-0.39, 0.29) is 41.6 Å². The fourth-order valence-corrected chi connectivity index (χ4v) is 3.09. The SMILES string of the molecule is CN=C(NCCC1=CCCCC1)NCC(Cc1ccc(F)cc1)C(N)=O.I. The van der Waals surface area contributed by atoms with E-state index in [0.717, 1.165) is 18.5 Å². The Morgan fingerprint density at radius 1 is 1.26 bits per heavy atom. The van der Waals surface area contributed by atoms with Gasteiger partial charge in [0.2, 0.25) is 5.91 Å². The van der Waals surface area contributed by atoms with E-state index >= 15 is 0 Å². The van der Waals surface area contributed by atoms with Crippen LogP contribution in [0.1, 0.15) is 37.7 Å². The molecule has 0 aliphatic heterocycles. The predicted octanol–water partition coefficient (Wildman–Crippen LogP) is 3.14. The van der Waals surface area contributed by atoms with Crippen molar-refractivity contribution in [2.45, 2.75) is 38.5 Å². The van der Waals surface area contributed by atoms with Crippen molar-refractivity contribution in [1.82, 2.24) is 10.6 Å². The summed E-state index contributed by atoms with van der Waals surface area (Å²) in [4.78, 5) is 15.9. The van der Waals surface area contributed by atoms with Gasteiger partial charge >= 0.3 is 0 Å². The van der Waals surface area contributed by atoms with Crippen molar-refractivity contribution in [3.05, 3.63) is 47.3 Å². The molecule has 7 heteroatoms. The summed E-state index contributed by atoms with van der Waals surface area (Å²) in [6, 6.07) is 6.13. The van der Waals surface area contributed by atoms with Crippen molar-refractivity contribution >= 4 is 35.8 Å². The van der Waals surface area contributed by atoms with Crippen molar-refractivity contribution in [2.75, 3.05) is 20.1 Å². The van der Waals surface area contributed by atoms with Crippen LogP contribution < -0.4 is 16.4 Å². The Kier molecular flexibility index (Phi) is 11.0. The largest absolute Gasteiger partial charge is 0.369 e. The molecule has 27 heavy (non-hydrogen) atoms. The van der Waals surface area contributed by atoms with E-state index < -0.39 is 0 Å². The van der Waals surface area contributed by atoms with Crippen LogP contribution in [0.5, 0.6) is 0 Å². The van der Waals surface area contributed by atoms with E-state index in [9.17, 15) is 9.18 Å². The summed E-state index contributed by atoms with van der Waals surface area (Å²) in [5.74, 6) is -0.406. The van der Waals surface area contributed by atoms with Crippen LogP contribution in [-0.2, 0) is 11.2 Å². The number of halogens is 2. The van der Waals surface area contributed by atoms with Crippen LogP contribution in [0.25, 0.3) is 0 Å². The second-order valence-electron chi connectivity index (χ2n) is 6.67. The molecule has 1 aliphatic rings. The Labute approximate surface area is 178 Å². The average molecular weight is 488 g/mol. The molecule has 0 heterocycles. The Balaban J connectivity index is 0.00000364. The fraction of sp³-hybridized carbons (Fsp3) is 0.500. The van der Waals surface area contributed by atoms with E-state index in [2.05, 4.69) is 21.7 Å². The number of guanidine groups is 1. The zero-order chi connectivity index (χ0) is 18.8. The number of nitrogens with zero attached hydrogens (tertiary/aromatic N) is 1. The smallest absolute Gasteiger partial charge is 0.222 e. The second-order valence-corrected chi connectivity index (χ2v) is 6.67. The Morgan fingerprint density at radius 2 is 2.00 bits per heavy atom. The fourth-order valence-electron chi connectivity index (χ4n) is 3.09. The van der Waals surface area contributed by atoms with E-state index in [1.54, 1.807) is 19.2 Å². The second kappa shape index (κ2) is 12.7. The summed E-state index contributed by atoms with van der Waals surface area (Å²) in [5.41, 5.74) is 7.90. The lowest BCUT2D eigenvalue weighted by molar-refractivity contribution is -0.121. The molecule has 1 aliphatic carbocycles. The standard InChI is InChI=1S/C20H29FN4O.HI/c1-23-20(24-12-11-15-5-3-2-4-6-15)25-14-17(19(22)26)13-16-7-9-18(21)10-8-16;/h5,7-10,17H,2-4,6,11-14H2,1H3,(H2,22,26)(H2,23,24,25);1H. The first-order valence-electron chi connectivity index (χ1n) is 9.24. The van der Waals surface area contributed by atoms with Gasteiger partial charge in [-0.05, 0) is 56.2 Å². The number of carbonyl (C=O) groups is 1. The van der Waals surface area contributed by atoms with Gasteiger partial charge in [0.1, 0.15) is 5.82 Å². The van der Waals surface area contributed by atoms with Crippen LogP contribution in [0, 0.1) is 11.7 Å². The van der Waals surface area contributed by atoms with Crippen molar-refractivity contribution < 1.29 is 9.18 Å². The number of nitrogens with two attached hydrogens (primary N) is 1. The van der Waals surface area contributed by atoms with Gasteiger partial charge in [0.05, 0.1) is 5.92 Å². The van der Waals surface area contributed by atoms with Gasteiger partial charge < -0.3 is 16.4 Å². The maximum atomic E-state index is 13.0. The maximum absolute atomic E-state index is 13.0. The molecule has 0 fully saturated rings. The zero-order valence-corrected chi connectivity index (χ0v) is 18.2. The molecule has 1 amide bonds. The highest BCUT2D eigenvalue weighted by Gasteiger charge is 2.16. The van der Waals surface area contributed by atoms with Crippen LogP contribution >= 0.6 is 24.0 Å². The minimum Gasteiger partial charge on any atom is -0.369 e. The minimum absolute atomic E-state index is 0. The minimum atomic E-state index is -0.389. The molecule has 0 bridgehead atoms. The first-order chi connectivity index (χ1) is 12.6. The molecule has 0 radical (unpaired) electrons. The van der Waals surface area contributed by atoms with Crippen LogP contribution in [0.2, 0.25) is 0 Å². The number of amides is 1. The van der Waals surface area contributed by atoms with Crippen LogP contribution in [0.3, 0.4) is 0 Å². The average Bonchev–Trinajstić information content (AvgIpc) is 2.65. The van der Waals surface area contributed by atoms with E-state index in [0.29, 0.717) is 18.9 Å². The van der Waals surface area contributed by atoms with Gasteiger partial charge in [-0.3, -0.25) is 9.79 Å². The van der Waals surface area contributed by atoms with Crippen molar-refractivity contribution in [3.63, 3.8) is 0 Å². The van der Waals surface area contributed by atoms with Gasteiger partial charge in [0.25, 0.3) is 0 Å². The van der Waals surface area contributed by atoms with Crippen LogP contribution in [-0.4, -0.2) is 32.0 Å². The molecule has 5 nitrogen and oxygen atoms in total. The lowest BCUT2D eigenvalue weighted by Crippen LogP contribution is -2.43. The van der Waals surface area contributed by atoms with Crippen molar-refractivity contribution in [3.8, 4) is 0 Å². The van der Waals surface area contributed by atoms with Crippen LogP contribution in [0.15, 0.2) is 40.9 Å². The molecular weight excluding hydrogens is 458 g/mol. The molecule has 2 rings (SSSR count). The van der Waals surface area contributed by atoms with Gasteiger partial charge in [-0.15, -0.1) is 24.0 Å². The Bertz CT molecular complexity index is 646. The highest BCUT2D eigenvalue weighted by molar-refractivity contribution is 14.0. The summed E-state index contributed by atoms with van der Waals surface area (Å²) in [5, 5.41) is 6.44. The number of nitrogens with one attached hydrogen (secondary N) is 2. The van der Waals surface area contributed by atoms with Crippen molar-refractivity contribution in [1.29, 1.82) is 0 Å². The molecule has 1 unspecified atom stereocenters. The molecule has 0 saturated heterocycles. The summed E-state index contributed by atoms with van der Waals surface area (Å²) in [6.45, 7) is 1.19. The van der Waals surface area contributed by atoms with Gasteiger partial charge in [-0.25, -0.2) is 4.39 Å². The summed E-state index contributed by atoms with van der Waals surface area (Å²) in [6.07, 6.45) is 8.77. The Hall–Kier alpha value is -1.64. The predicted molar refractivity (Wildman–Crippen MR) is 119 cm³/mol. The number of allylic oxidation sites excluding steroid dienone is 1. The van der Waals surface area contributed by atoms with Gasteiger partial charge in [0, 0.05) is 20.1 Å². The molecule has 0 aromatic heterocycles. The summed E-state index contributed by atoms with van der Waals surface area (Å²) >= 11 is 0. The maximum Gasteiger partial charge on any atom is 0.222 e. The quantitative estimate of drug-likeness (QED) is 0.228. The van der Waals surface area contributed by atoms with E-state index in [4.69, 9.17) is 5.73 Å². The molecule has 150 valence electrons. The Morgan fingerprint density at radius 3 is 2.59 bits per heavy atom. The normalized spacial score (nSPS) is 15.3. The lowest BCUT2D eigenvalue weighted by atomic mass is 9.97. The van der Waals surface area contributed by atoms with Gasteiger partial charge in [-0.1, -0.05) is 23.8 Å². The molecule has 0 saturated carbocycles. The number of carbonyl (C=O) groups excluding carboxylic acids is 1. The number of hydrogen-bond donors (Lipinski definition) is 3. The summed E-state index contributed by atoms with van der Waals surface area (Å²) in [7, 11) is 1.70. The lowest BCUT2D eigenvalue weighted by Gasteiger charge is -2.18. The molecule has 1 aromatic carbocycles. The first kappa shape index (κ1) is 23.4. The molecule has 4 N–H and O–H groups in total. The van der Waals surface area contributed by atoms with E-state index in [1.807, 2.05) is 0 Å². The number of benzene rings is 1. The highest BCUT2D eigenvalue weighted by Crippen LogP contribution is 2.19. The first-order valence-corrected chi connectivity index (χ1v) is 9.24. The molecular formula is C20H30FIN4O. The summed E-state index contributed by atoms with van der Waals surface area (Å²) < 4.78 is 13.0. The number of hydrogen-bond acceptors (Lipinski definition) is 2.